The Bertz CT molecular complexity index is 380. The van der Waals surface area contributed by atoms with Crippen LogP contribution in [0.15, 0.2) is 18.5 Å². The molecule has 1 aromatic rings. The summed E-state index contributed by atoms with van der Waals surface area (Å²) < 4.78 is 0. The minimum absolute atomic E-state index is 0.246. The Balaban J connectivity index is 2.40. The van der Waals surface area contributed by atoms with E-state index in [1.165, 1.54) is 6.42 Å². The number of nitrogens with two attached hydrogens (primary N) is 1. The van der Waals surface area contributed by atoms with E-state index in [2.05, 4.69) is 18.8 Å². The molecular weight excluding hydrogens is 200 g/mol. The van der Waals surface area contributed by atoms with Gasteiger partial charge in [0.05, 0.1) is 5.60 Å². The van der Waals surface area contributed by atoms with Crippen LogP contribution in [0.3, 0.4) is 0 Å². The zero-order valence-electron chi connectivity index (χ0n) is 9.98. The molecule has 88 valence electrons. The molecule has 0 bridgehead atoms. The number of aliphatic hydroxyl groups is 1. The maximum absolute atomic E-state index is 10.8. The highest BCUT2D eigenvalue weighted by Gasteiger charge is 2.41. The summed E-state index contributed by atoms with van der Waals surface area (Å²) in [6.07, 6.45) is 6.39. The Kier molecular flexibility index (Phi) is 2.89. The minimum Gasteiger partial charge on any atom is -0.398 e. The summed E-state index contributed by atoms with van der Waals surface area (Å²) in [6.45, 7) is 4.28. The van der Waals surface area contributed by atoms with E-state index in [0.717, 1.165) is 18.4 Å². The van der Waals surface area contributed by atoms with Gasteiger partial charge in [-0.15, -0.1) is 0 Å². The van der Waals surface area contributed by atoms with Crippen molar-refractivity contribution in [3.8, 4) is 0 Å². The summed E-state index contributed by atoms with van der Waals surface area (Å²) in [6, 6.07) is 1.76. The molecule has 3 atom stereocenters. The Labute approximate surface area is 96.7 Å². The molecule has 1 aromatic heterocycles. The number of hydrogen-bond acceptors (Lipinski definition) is 3. The molecule has 2 rings (SSSR count). The zero-order valence-corrected chi connectivity index (χ0v) is 9.98. The van der Waals surface area contributed by atoms with Crippen LogP contribution in [0.25, 0.3) is 0 Å². The second-order valence-electron chi connectivity index (χ2n) is 5.17. The van der Waals surface area contributed by atoms with E-state index in [9.17, 15) is 5.11 Å². The molecule has 0 aliphatic heterocycles. The van der Waals surface area contributed by atoms with E-state index in [4.69, 9.17) is 5.73 Å². The first-order valence-electron chi connectivity index (χ1n) is 5.96. The van der Waals surface area contributed by atoms with Gasteiger partial charge in [-0.25, -0.2) is 0 Å². The van der Waals surface area contributed by atoms with Crippen molar-refractivity contribution in [3.05, 3.63) is 24.0 Å². The molecule has 1 aliphatic carbocycles. The van der Waals surface area contributed by atoms with Crippen LogP contribution in [0.2, 0.25) is 0 Å². The second kappa shape index (κ2) is 4.06. The average molecular weight is 220 g/mol. The first-order chi connectivity index (χ1) is 7.54. The van der Waals surface area contributed by atoms with Crippen LogP contribution < -0.4 is 5.73 Å². The first-order valence-corrected chi connectivity index (χ1v) is 5.96. The van der Waals surface area contributed by atoms with Crippen molar-refractivity contribution in [2.45, 2.75) is 38.7 Å². The second-order valence-corrected chi connectivity index (χ2v) is 5.17. The number of aromatic nitrogens is 1. The molecule has 3 heteroatoms. The lowest BCUT2D eigenvalue weighted by Gasteiger charge is -2.41. The molecule has 1 fully saturated rings. The molecule has 3 unspecified atom stereocenters. The standard InChI is InChI=1S/C13H20N2O/c1-9-3-4-10(2)13(16,7-9)11-8-15-6-5-12(11)14/h5-6,8-10,16H,3-4,7H2,1-2H3,(H2,14,15). The number of rotatable bonds is 1. The van der Waals surface area contributed by atoms with E-state index < -0.39 is 5.60 Å². The topological polar surface area (TPSA) is 59.1 Å². The van der Waals surface area contributed by atoms with Crippen molar-refractivity contribution in [1.82, 2.24) is 4.98 Å². The lowest BCUT2D eigenvalue weighted by molar-refractivity contribution is -0.0623. The molecule has 0 radical (unpaired) electrons. The molecule has 0 spiro atoms. The van der Waals surface area contributed by atoms with Crippen LogP contribution in [-0.2, 0) is 5.60 Å². The number of anilines is 1. The minimum atomic E-state index is -0.796. The third-order valence-corrected chi connectivity index (χ3v) is 3.89. The Morgan fingerprint density at radius 2 is 2.19 bits per heavy atom. The summed E-state index contributed by atoms with van der Waals surface area (Å²) in [5.74, 6) is 0.788. The Hall–Kier alpha value is -1.09. The number of pyridine rings is 1. The third kappa shape index (κ3) is 1.80. The molecular formula is C13H20N2O. The number of nitrogens with zero attached hydrogens (tertiary/aromatic N) is 1. The highest BCUT2D eigenvalue weighted by atomic mass is 16.3. The lowest BCUT2D eigenvalue weighted by Crippen LogP contribution is -2.39. The molecule has 16 heavy (non-hydrogen) atoms. The highest BCUT2D eigenvalue weighted by molar-refractivity contribution is 5.48. The summed E-state index contributed by atoms with van der Waals surface area (Å²) in [5.41, 5.74) is 6.60. The van der Waals surface area contributed by atoms with E-state index >= 15 is 0 Å². The van der Waals surface area contributed by atoms with Crippen LogP contribution in [0.4, 0.5) is 5.69 Å². The first kappa shape index (κ1) is 11.4. The molecule has 0 amide bonds. The van der Waals surface area contributed by atoms with Crippen LogP contribution in [-0.4, -0.2) is 10.1 Å². The number of hydrogen-bond donors (Lipinski definition) is 2. The van der Waals surface area contributed by atoms with Crippen molar-refractivity contribution in [3.63, 3.8) is 0 Å². The van der Waals surface area contributed by atoms with Gasteiger partial charge >= 0.3 is 0 Å². The Morgan fingerprint density at radius 3 is 2.88 bits per heavy atom. The van der Waals surface area contributed by atoms with Crippen molar-refractivity contribution in [2.75, 3.05) is 5.73 Å². The molecule has 1 saturated carbocycles. The molecule has 0 aromatic carbocycles. The summed E-state index contributed by atoms with van der Waals surface area (Å²) in [5, 5.41) is 10.8. The predicted molar refractivity (Wildman–Crippen MR) is 64.7 cm³/mol. The van der Waals surface area contributed by atoms with Crippen molar-refractivity contribution >= 4 is 5.69 Å². The lowest BCUT2D eigenvalue weighted by atomic mass is 9.69. The van der Waals surface area contributed by atoms with Gasteiger partial charge in [0.25, 0.3) is 0 Å². The van der Waals surface area contributed by atoms with Gasteiger partial charge in [0, 0.05) is 23.6 Å². The van der Waals surface area contributed by atoms with Gasteiger partial charge in [-0.1, -0.05) is 20.3 Å². The molecule has 1 heterocycles. The van der Waals surface area contributed by atoms with Crippen LogP contribution >= 0.6 is 0 Å². The van der Waals surface area contributed by atoms with Gasteiger partial charge in [-0.2, -0.15) is 0 Å². The van der Waals surface area contributed by atoms with E-state index in [1.54, 1.807) is 18.5 Å². The summed E-state index contributed by atoms with van der Waals surface area (Å²) in [4.78, 5) is 4.09. The van der Waals surface area contributed by atoms with Gasteiger partial charge in [0.1, 0.15) is 0 Å². The van der Waals surface area contributed by atoms with Gasteiger partial charge in [-0.05, 0) is 30.7 Å². The Morgan fingerprint density at radius 1 is 1.44 bits per heavy atom. The normalized spacial score (nSPS) is 34.9. The van der Waals surface area contributed by atoms with Gasteiger partial charge < -0.3 is 10.8 Å². The third-order valence-electron chi connectivity index (χ3n) is 3.89. The van der Waals surface area contributed by atoms with E-state index in [0.29, 0.717) is 11.6 Å². The fourth-order valence-corrected chi connectivity index (χ4v) is 2.75. The SMILES string of the molecule is CC1CCC(C)C(O)(c2cnccc2N)C1. The monoisotopic (exact) mass is 220 g/mol. The smallest absolute Gasteiger partial charge is 0.0959 e. The summed E-state index contributed by atoms with van der Waals surface area (Å²) >= 11 is 0. The van der Waals surface area contributed by atoms with Crippen LogP contribution in [0.5, 0.6) is 0 Å². The van der Waals surface area contributed by atoms with Gasteiger partial charge in [0.15, 0.2) is 0 Å². The van der Waals surface area contributed by atoms with Gasteiger partial charge in [-0.3, -0.25) is 4.98 Å². The molecule has 0 saturated heterocycles. The highest BCUT2D eigenvalue weighted by Crippen LogP contribution is 2.45. The largest absolute Gasteiger partial charge is 0.398 e. The molecule has 3 N–H and O–H groups in total. The quantitative estimate of drug-likeness (QED) is 0.763. The van der Waals surface area contributed by atoms with E-state index in [-0.39, 0.29) is 5.92 Å². The average Bonchev–Trinajstić information content (AvgIpc) is 2.24. The summed E-state index contributed by atoms with van der Waals surface area (Å²) in [7, 11) is 0. The van der Waals surface area contributed by atoms with Crippen LogP contribution in [0.1, 0.15) is 38.7 Å². The maximum Gasteiger partial charge on any atom is 0.0959 e. The zero-order chi connectivity index (χ0) is 11.8. The fourth-order valence-electron chi connectivity index (χ4n) is 2.75. The van der Waals surface area contributed by atoms with Gasteiger partial charge in [0.2, 0.25) is 0 Å². The van der Waals surface area contributed by atoms with E-state index in [1.807, 2.05) is 0 Å². The number of nitrogen functional groups attached to an aromatic ring is 1. The molecule has 1 aliphatic rings. The predicted octanol–water partition coefficient (Wildman–Crippen LogP) is 2.31. The molecule has 3 nitrogen and oxygen atoms in total. The van der Waals surface area contributed by atoms with Crippen molar-refractivity contribution in [2.24, 2.45) is 11.8 Å². The van der Waals surface area contributed by atoms with Crippen molar-refractivity contribution in [1.29, 1.82) is 0 Å². The van der Waals surface area contributed by atoms with Crippen molar-refractivity contribution < 1.29 is 5.11 Å². The van der Waals surface area contributed by atoms with Crippen LogP contribution in [0, 0.1) is 11.8 Å². The maximum atomic E-state index is 10.8. The fraction of sp³-hybridized carbons (Fsp3) is 0.615.